The number of rotatable bonds is 3. The summed E-state index contributed by atoms with van der Waals surface area (Å²) in [5.41, 5.74) is 1.34. The van der Waals surface area contributed by atoms with Gasteiger partial charge < -0.3 is 4.98 Å². The Bertz CT molecular complexity index is 698. The van der Waals surface area contributed by atoms with Crippen LogP contribution in [-0.2, 0) is 6.54 Å². The molecule has 0 amide bonds. The fraction of sp³-hybridized carbons (Fsp3) is 0.375. The van der Waals surface area contributed by atoms with E-state index < -0.39 is 0 Å². The van der Waals surface area contributed by atoms with Crippen LogP contribution in [0.5, 0.6) is 0 Å². The first-order valence-electron chi connectivity index (χ1n) is 7.15. The summed E-state index contributed by atoms with van der Waals surface area (Å²) >= 11 is 0. The van der Waals surface area contributed by atoms with Gasteiger partial charge in [0.25, 0.3) is 5.56 Å². The summed E-state index contributed by atoms with van der Waals surface area (Å²) in [6.45, 7) is 4.10. The number of hydrogen-bond donors (Lipinski definition) is 1. The number of benzene rings is 1. The fourth-order valence-electron chi connectivity index (χ4n) is 2.86. The topological polar surface area (TPSA) is 49.0 Å². The highest BCUT2D eigenvalue weighted by atomic mass is 19.1. The first kappa shape index (κ1) is 13.9. The van der Waals surface area contributed by atoms with Crippen molar-refractivity contribution in [1.29, 1.82) is 0 Å². The van der Waals surface area contributed by atoms with Crippen LogP contribution in [0.1, 0.15) is 29.4 Å². The van der Waals surface area contributed by atoms with Crippen LogP contribution >= 0.6 is 0 Å². The van der Waals surface area contributed by atoms with Crippen molar-refractivity contribution in [2.24, 2.45) is 0 Å². The van der Waals surface area contributed by atoms with Gasteiger partial charge in [0.1, 0.15) is 11.6 Å². The Hall–Kier alpha value is -2.01. The van der Waals surface area contributed by atoms with Gasteiger partial charge in [0.2, 0.25) is 0 Å². The van der Waals surface area contributed by atoms with Gasteiger partial charge >= 0.3 is 0 Å². The van der Waals surface area contributed by atoms with Crippen LogP contribution in [0.2, 0.25) is 0 Å². The standard InChI is InChI=1S/C16H18FN3O/c1-11-8-15(21)19-16(18-11)13-6-7-20(10-13)9-12-4-2-3-5-14(12)17/h2-5,8,13H,6-7,9-10H2,1H3,(H,18,19,21)/t13-/m0/s1. The van der Waals surface area contributed by atoms with E-state index in [0.717, 1.165) is 31.0 Å². The molecule has 1 aromatic carbocycles. The zero-order valence-electron chi connectivity index (χ0n) is 12.0. The molecule has 0 saturated carbocycles. The molecule has 2 heterocycles. The maximum atomic E-state index is 13.7. The third kappa shape index (κ3) is 3.19. The monoisotopic (exact) mass is 287 g/mol. The zero-order chi connectivity index (χ0) is 14.8. The lowest BCUT2D eigenvalue weighted by Gasteiger charge is -2.16. The third-order valence-corrected chi connectivity index (χ3v) is 3.90. The third-order valence-electron chi connectivity index (χ3n) is 3.90. The van der Waals surface area contributed by atoms with Crippen molar-refractivity contribution in [3.05, 3.63) is 63.6 Å². The van der Waals surface area contributed by atoms with Crippen molar-refractivity contribution in [2.45, 2.75) is 25.8 Å². The number of halogens is 1. The smallest absolute Gasteiger partial charge is 0.251 e. The number of aromatic amines is 1. The van der Waals surface area contributed by atoms with Crippen LogP contribution in [0.3, 0.4) is 0 Å². The molecule has 4 nitrogen and oxygen atoms in total. The molecule has 1 fully saturated rings. The highest BCUT2D eigenvalue weighted by Crippen LogP contribution is 2.25. The Morgan fingerprint density at radius 1 is 1.43 bits per heavy atom. The van der Waals surface area contributed by atoms with Gasteiger partial charge in [-0.15, -0.1) is 0 Å². The van der Waals surface area contributed by atoms with Gasteiger partial charge in [-0.1, -0.05) is 18.2 Å². The highest BCUT2D eigenvalue weighted by molar-refractivity contribution is 5.17. The zero-order valence-corrected chi connectivity index (χ0v) is 12.0. The second kappa shape index (κ2) is 5.77. The molecule has 1 aliphatic heterocycles. The molecule has 1 atom stereocenters. The van der Waals surface area contributed by atoms with E-state index in [1.165, 1.54) is 12.1 Å². The lowest BCUT2D eigenvalue weighted by Crippen LogP contribution is -2.22. The van der Waals surface area contributed by atoms with E-state index in [0.29, 0.717) is 12.1 Å². The van der Waals surface area contributed by atoms with Crippen LogP contribution in [-0.4, -0.2) is 28.0 Å². The molecule has 5 heteroatoms. The Morgan fingerprint density at radius 3 is 3.00 bits per heavy atom. The van der Waals surface area contributed by atoms with Gasteiger partial charge in [-0.3, -0.25) is 9.69 Å². The quantitative estimate of drug-likeness (QED) is 0.941. The fourth-order valence-corrected chi connectivity index (χ4v) is 2.86. The van der Waals surface area contributed by atoms with Crippen molar-refractivity contribution in [2.75, 3.05) is 13.1 Å². The number of nitrogens with zero attached hydrogens (tertiary/aromatic N) is 2. The van der Waals surface area contributed by atoms with E-state index in [-0.39, 0.29) is 17.3 Å². The van der Waals surface area contributed by atoms with E-state index in [4.69, 9.17) is 0 Å². The molecule has 3 rings (SSSR count). The van der Waals surface area contributed by atoms with E-state index in [9.17, 15) is 9.18 Å². The lowest BCUT2D eigenvalue weighted by atomic mass is 10.1. The molecule has 21 heavy (non-hydrogen) atoms. The maximum absolute atomic E-state index is 13.7. The van der Waals surface area contributed by atoms with E-state index in [2.05, 4.69) is 14.9 Å². The molecule has 1 N–H and O–H groups in total. The van der Waals surface area contributed by atoms with Gasteiger partial charge in [-0.2, -0.15) is 0 Å². The lowest BCUT2D eigenvalue weighted by molar-refractivity contribution is 0.320. The summed E-state index contributed by atoms with van der Waals surface area (Å²) in [5, 5.41) is 0. The van der Waals surface area contributed by atoms with Crippen molar-refractivity contribution >= 4 is 0 Å². The number of H-pyrrole nitrogens is 1. The van der Waals surface area contributed by atoms with Gasteiger partial charge in [0.15, 0.2) is 0 Å². The van der Waals surface area contributed by atoms with E-state index in [1.807, 2.05) is 19.1 Å². The van der Waals surface area contributed by atoms with Gasteiger partial charge in [-0.05, 0) is 26.0 Å². The predicted octanol–water partition coefficient (Wildman–Crippen LogP) is 2.21. The summed E-state index contributed by atoms with van der Waals surface area (Å²) in [4.78, 5) is 21.0. The number of aromatic nitrogens is 2. The Labute approximate surface area is 122 Å². The van der Waals surface area contributed by atoms with Crippen LogP contribution in [0.15, 0.2) is 35.1 Å². The minimum Gasteiger partial charge on any atom is -0.310 e. The maximum Gasteiger partial charge on any atom is 0.251 e. The van der Waals surface area contributed by atoms with Gasteiger partial charge in [0, 0.05) is 36.3 Å². The van der Waals surface area contributed by atoms with Crippen molar-refractivity contribution in [1.82, 2.24) is 14.9 Å². The van der Waals surface area contributed by atoms with Crippen molar-refractivity contribution in [3.8, 4) is 0 Å². The summed E-state index contributed by atoms with van der Waals surface area (Å²) < 4.78 is 13.7. The SMILES string of the molecule is Cc1cc(=O)[nH]c([C@H]2CCN(Cc3ccccc3F)C2)n1. The second-order valence-corrected chi connectivity index (χ2v) is 5.58. The van der Waals surface area contributed by atoms with E-state index in [1.54, 1.807) is 6.07 Å². The summed E-state index contributed by atoms with van der Waals surface area (Å²) in [6.07, 6.45) is 0.931. The minimum absolute atomic E-state index is 0.106. The molecule has 0 aliphatic carbocycles. The first-order valence-corrected chi connectivity index (χ1v) is 7.15. The van der Waals surface area contributed by atoms with Crippen LogP contribution in [0.25, 0.3) is 0 Å². The molecule has 2 aromatic rings. The van der Waals surface area contributed by atoms with Crippen LogP contribution in [0.4, 0.5) is 4.39 Å². The second-order valence-electron chi connectivity index (χ2n) is 5.58. The number of nitrogens with one attached hydrogen (secondary N) is 1. The largest absolute Gasteiger partial charge is 0.310 e. The van der Waals surface area contributed by atoms with Crippen molar-refractivity contribution < 1.29 is 4.39 Å². The molecular formula is C16H18FN3O. The van der Waals surface area contributed by atoms with Crippen LogP contribution in [0, 0.1) is 12.7 Å². The summed E-state index contributed by atoms with van der Waals surface area (Å²) in [5.74, 6) is 0.795. The van der Waals surface area contributed by atoms with E-state index >= 15 is 0 Å². The van der Waals surface area contributed by atoms with Gasteiger partial charge in [0.05, 0.1) is 0 Å². The molecular weight excluding hydrogens is 269 g/mol. The molecule has 110 valence electrons. The normalized spacial score (nSPS) is 19.0. The predicted molar refractivity (Wildman–Crippen MR) is 78.6 cm³/mol. The Morgan fingerprint density at radius 2 is 2.24 bits per heavy atom. The minimum atomic E-state index is -0.164. The van der Waals surface area contributed by atoms with Gasteiger partial charge in [-0.25, -0.2) is 9.37 Å². The number of aryl methyl sites for hydroxylation is 1. The molecule has 0 radical (unpaired) electrons. The number of likely N-dealkylation sites (tertiary alicyclic amines) is 1. The molecule has 1 aliphatic rings. The first-order chi connectivity index (χ1) is 10.1. The van der Waals surface area contributed by atoms with Crippen molar-refractivity contribution in [3.63, 3.8) is 0 Å². The summed E-state index contributed by atoms with van der Waals surface area (Å²) in [7, 11) is 0. The Kier molecular flexibility index (Phi) is 3.84. The molecule has 0 bridgehead atoms. The summed E-state index contributed by atoms with van der Waals surface area (Å²) in [6, 6.07) is 8.35. The average molecular weight is 287 g/mol. The average Bonchev–Trinajstić information content (AvgIpc) is 2.89. The highest BCUT2D eigenvalue weighted by Gasteiger charge is 2.26. The molecule has 1 saturated heterocycles. The molecule has 0 spiro atoms. The molecule has 1 aromatic heterocycles. The molecule has 0 unspecified atom stereocenters. The Balaban J connectivity index is 1.71. The number of hydrogen-bond acceptors (Lipinski definition) is 3. The van der Waals surface area contributed by atoms with Crippen LogP contribution < -0.4 is 5.56 Å².